The molecular formula is C16H19FN4O4. The molecule has 1 aromatic carbocycles. The molecule has 1 aromatic heterocycles. The average molecular weight is 350 g/mol. The van der Waals surface area contributed by atoms with Gasteiger partial charge in [-0.3, -0.25) is 4.79 Å². The summed E-state index contributed by atoms with van der Waals surface area (Å²) in [4.78, 5) is 11.9. The van der Waals surface area contributed by atoms with Crippen LogP contribution in [0.5, 0.6) is 0 Å². The predicted molar refractivity (Wildman–Crippen MR) is 84.9 cm³/mol. The lowest BCUT2D eigenvalue weighted by atomic mass is 9.95. The highest BCUT2D eigenvalue weighted by Crippen LogP contribution is 2.30. The highest BCUT2D eigenvalue weighted by Gasteiger charge is 2.41. The molecule has 25 heavy (non-hydrogen) atoms. The van der Waals surface area contributed by atoms with Crippen molar-refractivity contribution in [3.8, 4) is 11.3 Å². The normalized spacial score (nSPS) is 26.4. The number of amides is 1. The molecule has 4 unspecified atom stereocenters. The molecule has 0 radical (unpaired) electrons. The molecule has 8 nitrogen and oxygen atoms in total. The Kier molecular flexibility index (Phi) is 5.07. The van der Waals surface area contributed by atoms with E-state index in [1.807, 2.05) is 0 Å². The summed E-state index contributed by atoms with van der Waals surface area (Å²) in [5.41, 5.74) is 0.990. The van der Waals surface area contributed by atoms with E-state index < -0.39 is 36.8 Å². The van der Waals surface area contributed by atoms with E-state index in [1.165, 1.54) is 23.9 Å². The lowest BCUT2D eigenvalue weighted by Gasteiger charge is -2.37. The monoisotopic (exact) mass is 350 g/mol. The van der Waals surface area contributed by atoms with Crippen LogP contribution in [0.15, 0.2) is 30.5 Å². The molecule has 2 heterocycles. The zero-order valence-corrected chi connectivity index (χ0v) is 13.5. The minimum Gasteiger partial charge on any atom is -0.394 e. The van der Waals surface area contributed by atoms with Gasteiger partial charge in [-0.2, -0.15) is 0 Å². The molecule has 1 fully saturated rings. The Hall–Kier alpha value is -2.36. The standard InChI is InChI=1S/C16H19FN4O4/c1-18-16(24)13-6-12(15(23)14(8-22)25-13)21-7-11(19-20-21)9-3-2-4-10(17)5-9/h2-5,7,12-15,22-23H,6,8H2,1H3,(H,18,24). The number of aromatic nitrogens is 3. The maximum atomic E-state index is 13.4. The van der Waals surface area contributed by atoms with Crippen molar-refractivity contribution in [2.24, 2.45) is 0 Å². The van der Waals surface area contributed by atoms with E-state index in [0.29, 0.717) is 11.3 Å². The third-order valence-corrected chi connectivity index (χ3v) is 4.26. The van der Waals surface area contributed by atoms with Crippen molar-refractivity contribution >= 4 is 5.91 Å². The molecule has 3 N–H and O–H groups in total. The molecule has 1 saturated heterocycles. The second-order valence-electron chi connectivity index (χ2n) is 5.85. The van der Waals surface area contributed by atoms with E-state index >= 15 is 0 Å². The molecule has 0 saturated carbocycles. The van der Waals surface area contributed by atoms with Crippen molar-refractivity contribution in [2.45, 2.75) is 30.8 Å². The molecule has 3 rings (SSSR count). The van der Waals surface area contributed by atoms with Gasteiger partial charge < -0.3 is 20.3 Å². The number of hydrogen-bond acceptors (Lipinski definition) is 6. The fraction of sp³-hybridized carbons (Fsp3) is 0.438. The summed E-state index contributed by atoms with van der Waals surface area (Å²) >= 11 is 0. The molecule has 0 bridgehead atoms. The van der Waals surface area contributed by atoms with Crippen LogP contribution in [0.25, 0.3) is 11.3 Å². The largest absolute Gasteiger partial charge is 0.394 e. The van der Waals surface area contributed by atoms with Crippen LogP contribution >= 0.6 is 0 Å². The summed E-state index contributed by atoms with van der Waals surface area (Å²) in [5, 5.41) is 30.3. The van der Waals surface area contributed by atoms with Crippen LogP contribution in [0.4, 0.5) is 4.39 Å². The van der Waals surface area contributed by atoms with E-state index in [1.54, 1.807) is 18.3 Å². The minimum absolute atomic E-state index is 0.170. The van der Waals surface area contributed by atoms with Crippen molar-refractivity contribution in [1.82, 2.24) is 20.3 Å². The van der Waals surface area contributed by atoms with Gasteiger partial charge in [0.15, 0.2) is 0 Å². The maximum Gasteiger partial charge on any atom is 0.248 e. The second kappa shape index (κ2) is 7.26. The van der Waals surface area contributed by atoms with Gasteiger partial charge in [0.05, 0.1) is 18.8 Å². The summed E-state index contributed by atoms with van der Waals surface area (Å²) in [5.74, 6) is -0.737. The molecule has 0 aliphatic carbocycles. The number of nitrogens with zero attached hydrogens (tertiary/aromatic N) is 3. The van der Waals surface area contributed by atoms with Crippen molar-refractivity contribution in [3.63, 3.8) is 0 Å². The third kappa shape index (κ3) is 3.53. The van der Waals surface area contributed by atoms with Gasteiger partial charge in [0.25, 0.3) is 0 Å². The number of benzene rings is 1. The summed E-state index contributed by atoms with van der Waals surface area (Å²) < 4.78 is 20.2. The summed E-state index contributed by atoms with van der Waals surface area (Å²) in [6, 6.07) is 5.31. The number of carbonyl (C=O) groups excluding carboxylic acids is 1. The number of hydrogen-bond donors (Lipinski definition) is 3. The Labute approximate surface area is 143 Å². The lowest BCUT2D eigenvalue weighted by Crippen LogP contribution is -2.51. The van der Waals surface area contributed by atoms with Crippen LogP contribution < -0.4 is 5.32 Å². The predicted octanol–water partition coefficient (Wildman–Crippen LogP) is -0.118. The fourth-order valence-corrected chi connectivity index (χ4v) is 2.92. The van der Waals surface area contributed by atoms with Crippen LogP contribution in [0.3, 0.4) is 0 Å². The van der Waals surface area contributed by atoms with E-state index in [4.69, 9.17) is 4.74 Å². The van der Waals surface area contributed by atoms with Crippen molar-refractivity contribution in [2.75, 3.05) is 13.7 Å². The molecule has 1 aliphatic rings. The smallest absolute Gasteiger partial charge is 0.248 e. The molecule has 0 spiro atoms. The first-order valence-corrected chi connectivity index (χ1v) is 7.87. The Morgan fingerprint density at radius 1 is 1.52 bits per heavy atom. The summed E-state index contributed by atoms with van der Waals surface area (Å²) in [6.45, 7) is -0.434. The van der Waals surface area contributed by atoms with Gasteiger partial charge in [0, 0.05) is 19.0 Å². The van der Waals surface area contributed by atoms with Gasteiger partial charge in [-0.15, -0.1) is 5.10 Å². The Bertz CT molecular complexity index is 753. The first-order chi connectivity index (χ1) is 12.0. The molecule has 9 heteroatoms. The molecule has 2 aromatic rings. The minimum atomic E-state index is -1.06. The van der Waals surface area contributed by atoms with Gasteiger partial charge in [0.1, 0.15) is 29.8 Å². The van der Waals surface area contributed by atoms with Crippen molar-refractivity contribution < 1.29 is 24.1 Å². The SMILES string of the molecule is CNC(=O)C1CC(n2cc(-c3cccc(F)c3)nn2)C(O)C(CO)O1. The van der Waals surface area contributed by atoms with Gasteiger partial charge in [0.2, 0.25) is 5.91 Å². The molecule has 1 amide bonds. The zero-order valence-electron chi connectivity index (χ0n) is 13.5. The second-order valence-corrected chi connectivity index (χ2v) is 5.85. The van der Waals surface area contributed by atoms with Crippen LogP contribution in [0.2, 0.25) is 0 Å². The molecule has 1 aliphatic heterocycles. The van der Waals surface area contributed by atoms with Gasteiger partial charge in [-0.25, -0.2) is 9.07 Å². The van der Waals surface area contributed by atoms with E-state index in [0.717, 1.165) is 0 Å². The van der Waals surface area contributed by atoms with Gasteiger partial charge in [-0.1, -0.05) is 17.3 Å². The number of carbonyl (C=O) groups is 1. The molecule has 134 valence electrons. The number of ether oxygens (including phenoxy) is 1. The highest BCUT2D eigenvalue weighted by atomic mass is 19.1. The van der Waals surface area contributed by atoms with Crippen LogP contribution in [-0.4, -0.2) is 63.1 Å². The Morgan fingerprint density at radius 3 is 3.00 bits per heavy atom. The van der Waals surface area contributed by atoms with Crippen molar-refractivity contribution in [1.29, 1.82) is 0 Å². The Morgan fingerprint density at radius 2 is 2.32 bits per heavy atom. The van der Waals surface area contributed by atoms with E-state index in [-0.39, 0.29) is 12.3 Å². The number of aliphatic hydroxyl groups excluding tert-OH is 2. The van der Waals surface area contributed by atoms with Crippen LogP contribution in [0, 0.1) is 5.82 Å². The van der Waals surface area contributed by atoms with Gasteiger partial charge >= 0.3 is 0 Å². The average Bonchev–Trinajstić information content (AvgIpc) is 3.11. The first-order valence-electron chi connectivity index (χ1n) is 7.87. The highest BCUT2D eigenvalue weighted by molar-refractivity contribution is 5.80. The van der Waals surface area contributed by atoms with Gasteiger partial charge in [-0.05, 0) is 12.1 Å². The number of halogens is 1. The Balaban J connectivity index is 1.87. The van der Waals surface area contributed by atoms with Crippen LogP contribution in [0.1, 0.15) is 12.5 Å². The number of likely N-dealkylation sites (N-methyl/N-ethyl adjacent to an activating group) is 1. The number of rotatable bonds is 4. The molecule has 4 atom stereocenters. The van der Waals surface area contributed by atoms with Crippen molar-refractivity contribution in [3.05, 3.63) is 36.3 Å². The van der Waals surface area contributed by atoms with Crippen LogP contribution in [-0.2, 0) is 9.53 Å². The summed E-state index contributed by atoms with van der Waals surface area (Å²) in [7, 11) is 1.48. The summed E-state index contributed by atoms with van der Waals surface area (Å²) in [6.07, 6.45) is -1.06. The molecular weight excluding hydrogens is 331 g/mol. The quantitative estimate of drug-likeness (QED) is 0.709. The number of nitrogens with one attached hydrogen (secondary N) is 1. The number of aliphatic hydroxyl groups is 2. The zero-order chi connectivity index (χ0) is 18.0. The van der Waals surface area contributed by atoms with E-state index in [2.05, 4.69) is 15.6 Å². The lowest BCUT2D eigenvalue weighted by molar-refractivity contribution is -0.170. The maximum absolute atomic E-state index is 13.4. The third-order valence-electron chi connectivity index (χ3n) is 4.26. The topological polar surface area (TPSA) is 110 Å². The van der Waals surface area contributed by atoms with E-state index in [9.17, 15) is 19.4 Å². The first kappa shape index (κ1) is 17.5. The fourth-order valence-electron chi connectivity index (χ4n) is 2.92.